The summed E-state index contributed by atoms with van der Waals surface area (Å²) in [7, 11) is 1.98. The van der Waals surface area contributed by atoms with Crippen LogP contribution >= 0.6 is 0 Å². The number of nitrogens with one attached hydrogen (secondary N) is 1. The molecule has 0 spiro atoms. The number of phenolic OH excluding ortho intramolecular Hbond substituents is 1. The van der Waals surface area contributed by atoms with Gasteiger partial charge < -0.3 is 24.5 Å². The lowest BCUT2D eigenvalue weighted by molar-refractivity contribution is 0.393. The topological polar surface area (TPSA) is 78.3 Å². The summed E-state index contributed by atoms with van der Waals surface area (Å²) in [4.78, 5) is 2.21. The Morgan fingerprint density at radius 1 is 1.15 bits per heavy atom. The molecule has 0 fully saturated rings. The van der Waals surface area contributed by atoms with Crippen molar-refractivity contribution in [2.24, 2.45) is 7.05 Å². The molecule has 0 bridgehead atoms. The van der Waals surface area contributed by atoms with Crippen molar-refractivity contribution in [2.45, 2.75) is 20.3 Å². The summed E-state index contributed by atoms with van der Waals surface area (Å²) in [5.41, 5.74) is 5.43. The fourth-order valence-electron chi connectivity index (χ4n) is 3.86. The zero-order valence-electron chi connectivity index (χ0n) is 15.7. The number of benzene rings is 1. The van der Waals surface area contributed by atoms with Gasteiger partial charge in [-0.25, -0.2) is 0 Å². The van der Waals surface area contributed by atoms with Crippen LogP contribution in [-0.2, 0) is 7.05 Å². The van der Waals surface area contributed by atoms with Crippen LogP contribution in [0.5, 0.6) is 5.75 Å². The zero-order chi connectivity index (χ0) is 19.1. The molecule has 0 amide bonds. The first-order valence-electron chi connectivity index (χ1n) is 8.92. The molecule has 0 radical (unpaired) electrons. The van der Waals surface area contributed by atoms with E-state index in [4.69, 9.17) is 9.93 Å². The lowest BCUT2D eigenvalue weighted by atomic mass is 9.95. The average molecular weight is 362 g/mol. The molecule has 4 rings (SSSR count). The summed E-state index contributed by atoms with van der Waals surface area (Å²) in [5, 5.41) is 21.9. The van der Waals surface area contributed by atoms with E-state index >= 15 is 0 Å². The van der Waals surface area contributed by atoms with E-state index < -0.39 is 0 Å². The Morgan fingerprint density at radius 3 is 2.44 bits per heavy atom. The number of phenols is 1. The van der Waals surface area contributed by atoms with Gasteiger partial charge in [0.25, 0.3) is 0 Å². The predicted octanol–water partition coefficient (Wildman–Crippen LogP) is 4.39. The number of aromatic hydroxyl groups is 1. The minimum absolute atomic E-state index is 0.225. The predicted molar refractivity (Wildman–Crippen MR) is 106 cm³/mol. The Morgan fingerprint density at radius 2 is 1.89 bits per heavy atom. The van der Waals surface area contributed by atoms with Crippen molar-refractivity contribution in [1.82, 2.24) is 9.72 Å². The number of nitrogens with zero attached hydrogens (tertiary/aromatic N) is 3. The van der Waals surface area contributed by atoms with Gasteiger partial charge in [0.1, 0.15) is 17.3 Å². The maximum absolute atomic E-state index is 9.74. The van der Waals surface area contributed by atoms with Crippen molar-refractivity contribution in [3.05, 3.63) is 53.7 Å². The van der Waals surface area contributed by atoms with Gasteiger partial charge in [0, 0.05) is 37.1 Å². The Bertz CT molecular complexity index is 1020. The molecule has 0 saturated carbocycles. The van der Waals surface area contributed by atoms with E-state index in [-0.39, 0.29) is 5.75 Å². The summed E-state index contributed by atoms with van der Waals surface area (Å²) in [6.07, 6.45) is 6.60. The molecule has 0 aliphatic carbocycles. The van der Waals surface area contributed by atoms with Crippen LogP contribution in [0, 0.1) is 19.3 Å². The van der Waals surface area contributed by atoms with Crippen LogP contribution in [0.25, 0.3) is 22.3 Å². The van der Waals surface area contributed by atoms with Gasteiger partial charge in [0.15, 0.2) is 0 Å². The smallest absolute Gasteiger partial charge is 0.141 e. The first-order valence-corrected chi connectivity index (χ1v) is 8.92. The normalized spacial score (nSPS) is 13.5. The summed E-state index contributed by atoms with van der Waals surface area (Å²) in [6, 6.07) is 7.19. The molecule has 1 aromatic carbocycles. The van der Waals surface area contributed by atoms with E-state index in [0.717, 1.165) is 58.2 Å². The molecule has 0 atom stereocenters. The molecular formula is C21H22N4O2. The molecule has 3 heterocycles. The van der Waals surface area contributed by atoms with Gasteiger partial charge in [-0.15, -0.1) is 0 Å². The van der Waals surface area contributed by atoms with Gasteiger partial charge in [0.2, 0.25) is 0 Å². The number of anilines is 1. The van der Waals surface area contributed by atoms with Crippen LogP contribution in [0.2, 0.25) is 0 Å². The van der Waals surface area contributed by atoms with Gasteiger partial charge in [0.05, 0.1) is 17.0 Å². The van der Waals surface area contributed by atoms with E-state index in [0.29, 0.717) is 0 Å². The third-order valence-electron chi connectivity index (χ3n) is 5.08. The molecule has 1 aliphatic heterocycles. The molecule has 0 saturated heterocycles. The minimum atomic E-state index is 0.225. The minimum Gasteiger partial charge on any atom is -0.508 e. The van der Waals surface area contributed by atoms with E-state index in [1.165, 1.54) is 6.21 Å². The van der Waals surface area contributed by atoms with Crippen molar-refractivity contribution in [3.63, 3.8) is 0 Å². The highest BCUT2D eigenvalue weighted by Crippen LogP contribution is 2.46. The standard InChI is InChI=1S/C21H22N4O2/c1-13-18(14(2)27-23-13)20-17(12-22)24(3)21(25-10-4-5-11-25)19(20)15-6-8-16(26)9-7-15/h4,6-10,12,22,26H,5,11H2,1-3H3. The maximum Gasteiger partial charge on any atom is 0.141 e. The highest BCUT2D eigenvalue weighted by molar-refractivity contribution is 6.02. The third-order valence-corrected chi connectivity index (χ3v) is 5.08. The lowest BCUT2D eigenvalue weighted by Gasteiger charge is -2.19. The molecule has 27 heavy (non-hydrogen) atoms. The molecule has 2 N–H and O–H groups in total. The van der Waals surface area contributed by atoms with Crippen molar-refractivity contribution in [1.29, 1.82) is 5.41 Å². The van der Waals surface area contributed by atoms with Gasteiger partial charge in [-0.2, -0.15) is 0 Å². The Kier molecular flexibility index (Phi) is 4.11. The quantitative estimate of drug-likeness (QED) is 0.675. The zero-order valence-corrected chi connectivity index (χ0v) is 15.7. The van der Waals surface area contributed by atoms with Gasteiger partial charge in [-0.05, 0) is 38.0 Å². The number of rotatable bonds is 4. The maximum atomic E-state index is 9.74. The van der Waals surface area contributed by atoms with Crippen LogP contribution in [-0.4, -0.2) is 27.6 Å². The SMILES string of the molecule is Cc1noc(C)c1-c1c(-c2ccc(O)cc2)c(N2C=CCC2)n(C)c1C=N. The first kappa shape index (κ1) is 17.1. The summed E-state index contributed by atoms with van der Waals surface area (Å²) >= 11 is 0. The molecule has 6 nitrogen and oxygen atoms in total. The molecular weight excluding hydrogens is 340 g/mol. The Balaban J connectivity index is 2.10. The molecule has 3 aromatic rings. The number of aryl methyl sites for hydroxylation is 2. The number of hydrogen-bond acceptors (Lipinski definition) is 5. The Labute approximate surface area is 157 Å². The molecule has 138 valence electrons. The largest absolute Gasteiger partial charge is 0.508 e. The van der Waals surface area contributed by atoms with Crippen LogP contribution in [0.1, 0.15) is 23.6 Å². The van der Waals surface area contributed by atoms with Gasteiger partial charge >= 0.3 is 0 Å². The second-order valence-corrected chi connectivity index (χ2v) is 6.78. The molecule has 0 unspecified atom stereocenters. The summed E-state index contributed by atoms with van der Waals surface area (Å²) < 4.78 is 7.48. The summed E-state index contributed by atoms with van der Waals surface area (Å²) in [6.45, 7) is 4.70. The molecule has 6 heteroatoms. The van der Waals surface area contributed by atoms with Crippen molar-refractivity contribution in [2.75, 3.05) is 11.4 Å². The third kappa shape index (κ3) is 2.65. The summed E-state index contributed by atoms with van der Waals surface area (Å²) in [5.74, 6) is 1.97. The monoisotopic (exact) mass is 362 g/mol. The van der Waals surface area contributed by atoms with Gasteiger partial charge in [-0.1, -0.05) is 23.4 Å². The van der Waals surface area contributed by atoms with E-state index in [2.05, 4.69) is 22.3 Å². The lowest BCUT2D eigenvalue weighted by Crippen LogP contribution is -2.17. The van der Waals surface area contributed by atoms with Crippen LogP contribution < -0.4 is 4.90 Å². The second kappa shape index (κ2) is 6.46. The van der Waals surface area contributed by atoms with Crippen molar-refractivity contribution in [3.8, 4) is 28.0 Å². The molecule has 1 aliphatic rings. The Hall–Kier alpha value is -3.28. The van der Waals surface area contributed by atoms with E-state index in [1.807, 2.05) is 37.6 Å². The first-order chi connectivity index (χ1) is 13.0. The average Bonchev–Trinajstić information content (AvgIpc) is 3.35. The van der Waals surface area contributed by atoms with Crippen molar-refractivity contribution >= 4 is 12.0 Å². The highest BCUT2D eigenvalue weighted by atomic mass is 16.5. The van der Waals surface area contributed by atoms with E-state index in [1.54, 1.807) is 12.1 Å². The fourth-order valence-corrected chi connectivity index (χ4v) is 3.86. The second-order valence-electron chi connectivity index (χ2n) is 6.78. The highest BCUT2D eigenvalue weighted by Gasteiger charge is 2.29. The molecule has 2 aromatic heterocycles. The fraction of sp³-hybridized carbons (Fsp3) is 0.238. The number of hydrogen-bond donors (Lipinski definition) is 2. The van der Waals surface area contributed by atoms with Crippen LogP contribution in [0.15, 0.2) is 41.1 Å². The number of aromatic nitrogens is 2. The van der Waals surface area contributed by atoms with Gasteiger partial charge in [-0.3, -0.25) is 0 Å². The van der Waals surface area contributed by atoms with Crippen molar-refractivity contribution < 1.29 is 9.63 Å². The van der Waals surface area contributed by atoms with Crippen LogP contribution in [0.3, 0.4) is 0 Å². The van der Waals surface area contributed by atoms with Crippen LogP contribution in [0.4, 0.5) is 5.82 Å². The van der Waals surface area contributed by atoms with E-state index in [9.17, 15) is 5.11 Å².